The fourth-order valence-corrected chi connectivity index (χ4v) is 7.63. The van der Waals surface area contributed by atoms with Gasteiger partial charge < -0.3 is 20.4 Å². The van der Waals surface area contributed by atoms with Gasteiger partial charge in [0.2, 0.25) is 0 Å². The lowest BCUT2D eigenvalue weighted by molar-refractivity contribution is 0.441. The molecule has 0 aliphatic heterocycles. The van der Waals surface area contributed by atoms with Gasteiger partial charge in [-0.2, -0.15) is 0 Å². The third kappa shape index (κ3) is 7.55. The van der Waals surface area contributed by atoms with E-state index in [0.29, 0.717) is 0 Å². The molecule has 0 atom stereocenters. The zero-order valence-electron chi connectivity index (χ0n) is 33.6. The molecule has 270 valence electrons. The summed E-state index contributed by atoms with van der Waals surface area (Å²) in [4.78, 5) is 0. The maximum absolute atomic E-state index is 11.3. The number of rotatable bonds is 5. The first-order valence-corrected chi connectivity index (χ1v) is 18.0. The third-order valence-corrected chi connectivity index (χ3v) is 10.4. The number of hydrogen-bond donors (Lipinski definition) is 4. The smallest absolute Gasteiger partial charge is 0.119 e. The van der Waals surface area contributed by atoms with Crippen molar-refractivity contribution in [3.63, 3.8) is 0 Å². The van der Waals surface area contributed by atoms with Crippen LogP contribution < -0.4 is 0 Å². The van der Waals surface area contributed by atoms with Gasteiger partial charge in [0.15, 0.2) is 0 Å². The molecule has 50 heavy (non-hydrogen) atoms. The zero-order chi connectivity index (χ0) is 38.0. The van der Waals surface area contributed by atoms with Crippen LogP contribution in [0.1, 0.15) is 162 Å². The van der Waals surface area contributed by atoms with E-state index in [2.05, 4.69) is 135 Å². The van der Waals surface area contributed by atoms with Gasteiger partial charge in [0, 0.05) is 11.8 Å². The van der Waals surface area contributed by atoms with Gasteiger partial charge in [-0.1, -0.05) is 107 Å². The maximum atomic E-state index is 11.3. The predicted octanol–water partition coefficient (Wildman–Crippen LogP) is 11.9. The molecule has 4 nitrogen and oxygen atoms in total. The fraction of sp³-hybridized carbons (Fsp3) is 0.478. The molecular formula is C46H62O4. The molecule has 0 unspecified atom stereocenters. The molecule has 4 heteroatoms. The number of hydrogen-bond acceptors (Lipinski definition) is 4. The van der Waals surface area contributed by atoms with Gasteiger partial charge in [0.1, 0.15) is 23.0 Å². The van der Waals surface area contributed by atoms with Crippen molar-refractivity contribution in [2.24, 2.45) is 0 Å². The minimum atomic E-state index is -0.325. The lowest BCUT2D eigenvalue weighted by Crippen LogP contribution is -2.23. The molecule has 0 radical (unpaired) electrons. The molecule has 4 rings (SSSR count). The Kier molecular flexibility index (Phi) is 10.1. The Balaban J connectivity index is 2.35. The summed E-state index contributed by atoms with van der Waals surface area (Å²) >= 11 is 0. The van der Waals surface area contributed by atoms with Crippen LogP contribution in [0.3, 0.4) is 0 Å². The lowest BCUT2D eigenvalue weighted by Gasteiger charge is -2.37. The van der Waals surface area contributed by atoms with Crippen molar-refractivity contribution < 1.29 is 20.4 Å². The average Bonchev–Trinajstić information content (AvgIpc) is 2.91. The first-order valence-electron chi connectivity index (χ1n) is 18.0. The highest BCUT2D eigenvalue weighted by molar-refractivity contribution is 5.60. The number of aryl methyl sites for hydroxylation is 4. The minimum absolute atomic E-state index is 0.273. The highest BCUT2D eigenvalue weighted by Crippen LogP contribution is 2.52. The average molecular weight is 679 g/mol. The number of phenolic OH excluding ortho intramolecular Hbond substituents is 4. The monoisotopic (exact) mass is 678 g/mol. The van der Waals surface area contributed by atoms with Crippen LogP contribution in [0.5, 0.6) is 23.0 Å². The van der Waals surface area contributed by atoms with Gasteiger partial charge in [0.05, 0.1) is 0 Å². The molecule has 0 saturated heterocycles. The van der Waals surface area contributed by atoms with Crippen LogP contribution in [0.2, 0.25) is 0 Å². The van der Waals surface area contributed by atoms with Crippen LogP contribution in [-0.2, 0) is 21.7 Å². The maximum Gasteiger partial charge on any atom is 0.119 e. The van der Waals surface area contributed by atoms with Crippen LogP contribution in [0.25, 0.3) is 0 Å². The largest absolute Gasteiger partial charge is 0.508 e. The van der Waals surface area contributed by atoms with E-state index in [1.54, 1.807) is 0 Å². The van der Waals surface area contributed by atoms with Gasteiger partial charge in [-0.05, 0) is 140 Å². The van der Waals surface area contributed by atoms with Crippen molar-refractivity contribution in [1.29, 1.82) is 0 Å². The van der Waals surface area contributed by atoms with Gasteiger partial charge >= 0.3 is 0 Å². The van der Waals surface area contributed by atoms with Gasteiger partial charge in [-0.25, -0.2) is 0 Å². The Morgan fingerprint density at radius 2 is 0.480 bits per heavy atom. The summed E-state index contributed by atoms with van der Waals surface area (Å²) in [6, 6.07) is 16.3. The summed E-state index contributed by atoms with van der Waals surface area (Å²) in [7, 11) is 0. The SMILES string of the molecule is Cc1cc(O)c(C(C)(C)C)cc1C(c1cc(C(C)(C)C)c(O)cc1C)C(c1cc(C(C)(C)C)c(O)cc1C)c1cc(C(C)(C)C)c(O)cc1C. The fourth-order valence-electron chi connectivity index (χ4n) is 7.63. The Morgan fingerprint density at radius 3 is 0.620 bits per heavy atom. The van der Waals surface area contributed by atoms with E-state index in [0.717, 1.165) is 66.8 Å². The molecule has 4 aromatic rings. The molecule has 0 aliphatic rings. The van der Waals surface area contributed by atoms with Gasteiger partial charge in [-0.3, -0.25) is 0 Å². The van der Waals surface area contributed by atoms with Crippen molar-refractivity contribution in [3.8, 4) is 23.0 Å². The lowest BCUT2D eigenvalue weighted by atomic mass is 9.67. The quantitative estimate of drug-likeness (QED) is 0.169. The summed E-state index contributed by atoms with van der Waals surface area (Å²) in [6.45, 7) is 33.7. The van der Waals surface area contributed by atoms with Gasteiger partial charge in [0.25, 0.3) is 0 Å². The van der Waals surface area contributed by atoms with E-state index < -0.39 is 0 Å². The third-order valence-electron chi connectivity index (χ3n) is 10.4. The highest BCUT2D eigenvalue weighted by atomic mass is 16.3. The Labute approximate surface area is 302 Å². The molecule has 0 amide bonds. The standard InChI is InChI=1S/C46H62O4/c1-25-17-37(47)33(43(5,6)7)21-29(25)41(30-22-34(44(8,9)10)38(48)18-26(30)2)42(31-23-35(45(11,12)13)39(49)19-27(31)3)32-24-36(46(14,15)16)40(50)20-28(32)4/h17-24,41-42,47-50H,1-16H3. The minimum Gasteiger partial charge on any atom is -0.508 e. The Bertz CT molecular complexity index is 1640. The molecule has 0 saturated carbocycles. The van der Waals surface area contributed by atoms with Crippen molar-refractivity contribution in [2.75, 3.05) is 0 Å². The van der Waals surface area contributed by atoms with Crippen LogP contribution in [0.4, 0.5) is 0 Å². The first-order chi connectivity index (χ1) is 22.6. The zero-order valence-corrected chi connectivity index (χ0v) is 33.6. The summed E-state index contributed by atoms with van der Waals surface area (Å²) in [5.41, 5.74) is 10.4. The molecule has 0 heterocycles. The summed E-state index contributed by atoms with van der Waals surface area (Å²) < 4.78 is 0. The summed E-state index contributed by atoms with van der Waals surface area (Å²) in [5, 5.41) is 45.3. The van der Waals surface area contributed by atoms with Gasteiger partial charge in [-0.15, -0.1) is 0 Å². The predicted molar refractivity (Wildman–Crippen MR) is 210 cm³/mol. The molecule has 4 aromatic carbocycles. The number of phenols is 4. The number of aromatic hydroxyl groups is 4. The normalized spacial score (nSPS) is 13.1. The van der Waals surface area contributed by atoms with Crippen molar-refractivity contribution >= 4 is 0 Å². The topological polar surface area (TPSA) is 80.9 Å². The summed E-state index contributed by atoms with van der Waals surface area (Å²) in [5.74, 6) is 0.560. The van der Waals surface area contributed by atoms with Crippen molar-refractivity contribution in [2.45, 2.75) is 144 Å². The van der Waals surface area contributed by atoms with E-state index in [-0.39, 0.29) is 56.5 Å². The van der Waals surface area contributed by atoms with Crippen LogP contribution >= 0.6 is 0 Å². The highest BCUT2D eigenvalue weighted by Gasteiger charge is 2.37. The molecule has 4 N–H and O–H groups in total. The summed E-state index contributed by atoms with van der Waals surface area (Å²) in [6.07, 6.45) is 0. The Hall–Kier alpha value is -3.92. The molecule has 0 aromatic heterocycles. The van der Waals surface area contributed by atoms with Crippen LogP contribution in [0, 0.1) is 27.7 Å². The van der Waals surface area contributed by atoms with E-state index in [9.17, 15) is 20.4 Å². The molecule has 0 fully saturated rings. The molecular weight excluding hydrogens is 617 g/mol. The van der Waals surface area contributed by atoms with E-state index in [4.69, 9.17) is 0 Å². The molecule has 0 spiro atoms. The van der Waals surface area contributed by atoms with Crippen LogP contribution in [-0.4, -0.2) is 20.4 Å². The van der Waals surface area contributed by atoms with E-state index >= 15 is 0 Å². The number of benzene rings is 4. The van der Waals surface area contributed by atoms with E-state index in [1.807, 2.05) is 24.3 Å². The van der Waals surface area contributed by atoms with E-state index in [1.165, 1.54) is 0 Å². The molecule has 0 aliphatic carbocycles. The second-order valence-electron chi connectivity index (χ2n) is 18.9. The van der Waals surface area contributed by atoms with Crippen molar-refractivity contribution in [1.82, 2.24) is 0 Å². The van der Waals surface area contributed by atoms with Crippen LogP contribution in [0.15, 0.2) is 48.5 Å². The van der Waals surface area contributed by atoms with Crippen molar-refractivity contribution in [3.05, 3.63) is 115 Å². The second-order valence-corrected chi connectivity index (χ2v) is 18.9. The first kappa shape index (κ1) is 38.9. The Morgan fingerprint density at radius 1 is 0.320 bits per heavy atom. The molecule has 0 bridgehead atoms. The second kappa shape index (κ2) is 13.0.